The minimum absolute atomic E-state index is 0.106. The van der Waals surface area contributed by atoms with Gasteiger partial charge >= 0.3 is 0 Å². The van der Waals surface area contributed by atoms with Gasteiger partial charge in [-0.05, 0) is 60.0 Å². The number of carbonyl (C=O) groups excluding carboxylic acids is 3. The average molecular weight is 528 g/mol. The minimum atomic E-state index is -1.76. The van der Waals surface area contributed by atoms with Crippen LogP contribution in [0.15, 0.2) is 72.8 Å². The molecular weight excluding hydrogens is 498 g/mol. The number of morpholine rings is 1. The Hall–Kier alpha value is -4.54. The lowest BCUT2D eigenvalue weighted by atomic mass is 9.99. The van der Waals surface area contributed by atoms with Gasteiger partial charge in [-0.25, -0.2) is 0 Å². The third kappa shape index (κ3) is 5.52. The van der Waals surface area contributed by atoms with Crippen LogP contribution in [0.3, 0.4) is 0 Å². The van der Waals surface area contributed by atoms with Crippen molar-refractivity contribution in [3.05, 3.63) is 95.1 Å². The van der Waals surface area contributed by atoms with Crippen LogP contribution in [0.2, 0.25) is 0 Å². The van der Waals surface area contributed by atoms with Gasteiger partial charge in [-0.2, -0.15) is 0 Å². The molecule has 0 saturated carbocycles. The van der Waals surface area contributed by atoms with Crippen molar-refractivity contribution < 1.29 is 24.2 Å². The average Bonchev–Trinajstić information content (AvgIpc) is 2.96. The predicted octanol–water partition coefficient (Wildman–Crippen LogP) is 1.90. The molecule has 0 bridgehead atoms. The fourth-order valence-corrected chi connectivity index (χ4v) is 4.83. The molecular formula is C29H29N5O5. The summed E-state index contributed by atoms with van der Waals surface area (Å²) in [6, 6.07) is 21.1. The van der Waals surface area contributed by atoms with Crippen molar-refractivity contribution in [2.75, 3.05) is 29.9 Å². The van der Waals surface area contributed by atoms with Gasteiger partial charge in [0.25, 0.3) is 17.7 Å². The van der Waals surface area contributed by atoms with E-state index in [9.17, 15) is 19.5 Å². The number of rotatable bonds is 6. The maximum absolute atomic E-state index is 13.3. The van der Waals surface area contributed by atoms with Gasteiger partial charge in [0.2, 0.25) is 0 Å². The van der Waals surface area contributed by atoms with E-state index in [0.29, 0.717) is 35.6 Å². The molecule has 1 fully saturated rings. The van der Waals surface area contributed by atoms with Crippen LogP contribution in [0, 0.1) is 5.41 Å². The molecule has 3 aromatic carbocycles. The summed E-state index contributed by atoms with van der Waals surface area (Å²) in [6.45, 7) is 1.45. The van der Waals surface area contributed by atoms with Crippen molar-refractivity contribution in [3.63, 3.8) is 0 Å². The van der Waals surface area contributed by atoms with Crippen LogP contribution in [0.25, 0.3) is 0 Å². The number of aliphatic hydroxyl groups excluding tert-OH is 1. The number of carbonyl (C=O) groups is 3. The van der Waals surface area contributed by atoms with E-state index in [0.717, 1.165) is 12.0 Å². The van der Waals surface area contributed by atoms with Crippen LogP contribution in [0.1, 0.15) is 27.0 Å². The van der Waals surface area contributed by atoms with Gasteiger partial charge in [0, 0.05) is 42.1 Å². The molecule has 0 radical (unpaired) electrons. The van der Waals surface area contributed by atoms with E-state index in [2.05, 4.69) is 11.4 Å². The number of benzene rings is 3. The summed E-state index contributed by atoms with van der Waals surface area (Å²) in [7, 11) is 0. The first-order valence-corrected chi connectivity index (χ1v) is 12.6. The normalized spacial score (nSPS) is 17.8. The zero-order chi connectivity index (χ0) is 27.5. The Morgan fingerprint density at radius 3 is 2.49 bits per heavy atom. The second kappa shape index (κ2) is 11.1. The largest absolute Gasteiger partial charge is 0.384 e. The number of ether oxygens (including phenoxy) is 1. The van der Waals surface area contributed by atoms with E-state index < -0.39 is 24.0 Å². The number of amides is 3. The van der Waals surface area contributed by atoms with Crippen LogP contribution < -0.4 is 16.0 Å². The fraction of sp³-hybridized carbons (Fsp3) is 0.241. The smallest absolute Gasteiger partial charge is 0.259 e. The third-order valence-electron chi connectivity index (χ3n) is 6.96. The number of nitrogens with one attached hydrogen (secondary N) is 2. The highest BCUT2D eigenvalue weighted by atomic mass is 16.5. The molecule has 39 heavy (non-hydrogen) atoms. The molecule has 2 heterocycles. The summed E-state index contributed by atoms with van der Waals surface area (Å²) in [5, 5.41) is 20.7. The Kier molecular flexibility index (Phi) is 7.40. The van der Waals surface area contributed by atoms with Gasteiger partial charge in [0.05, 0.1) is 6.61 Å². The summed E-state index contributed by atoms with van der Waals surface area (Å²) in [4.78, 5) is 42.5. The second-order valence-corrected chi connectivity index (χ2v) is 9.50. The van der Waals surface area contributed by atoms with Gasteiger partial charge in [-0.1, -0.05) is 30.3 Å². The molecule has 0 unspecified atom stereocenters. The number of hydrogen-bond donors (Lipinski definition) is 4. The van der Waals surface area contributed by atoms with E-state index in [1.54, 1.807) is 53.4 Å². The Morgan fingerprint density at radius 2 is 1.74 bits per heavy atom. The quantitative estimate of drug-likeness (QED) is 0.284. The Balaban J connectivity index is 1.27. The van der Waals surface area contributed by atoms with Gasteiger partial charge in [-0.3, -0.25) is 19.8 Å². The number of amidine groups is 1. The zero-order valence-corrected chi connectivity index (χ0v) is 21.2. The second-order valence-electron chi connectivity index (χ2n) is 9.50. The highest BCUT2D eigenvalue weighted by Crippen LogP contribution is 2.25. The van der Waals surface area contributed by atoms with Crippen molar-refractivity contribution in [2.24, 2.45) is 5.73 Å². The number of aliphatic hydroxyl groups is 1. The van der Waals surface area contributed by atoms with Crippen molar-refractivity contribution >= 4 is 34.9 Å². The molecule has 2 aliphatic heterocycles. The highest BCUT2D eigenvalue weighted by molar-refractivity contribution is 6.05. The molecule has 0 spiro atoms. The Bertz CT molecular complexity index is 1420. The van der Waals surface area contributed by atoms with E-state index in [4.69, 9.17) is 15.9 Å². The van der Waals surface area contributed by atoms with Crippen molar-refractivity contribution in [1.29, 1.82) is 5.41 Å². The molecule has 5 rings (SSSR count). The van der Waals surface area contributed by atoms with E-state index in [1.807, 2.05) is 18.2 Å². The number of nitrogens with zero attached hydrogens (tertiary/aromatic N) is 2. The van der Waals surface area contributed by atoms with E-state index >= 15 is 0 Å². The Morgan fingerprint density at radius 1 is 1.00 bits per heavy atom. The van der Waals surface area contributed by atoms with Crippen LogP contribution in [-0.4, -0.2) is 65.5 Å². The van der Waals surface area contributed by atoms with E-state index in [-0.39, 0.29) is 24.9 Å². The lowest BCUT2D eigenvalue weighted by molar-refractivity contribution is -0.150. The summed E-state index contributed by atoms with van der Waals surface area (Å²) in [6.07, 6.45) is -2.38. The maximum atomic E-state index is 13.3. The molecule has 3 aromatic rings. The molecule has 2 atom stereocenters. The molecule has 10 nitrogen and oxygen atoms in total. The molecule has 5 N–H and O–H groups in total. The SMILES string of the molecule is N=C(N)c1ccc(NC(=O)[C@H](O)[C@H]2OCCN(c3cccc(C(=O)N4CCc5ccccc5C4)c3)C2=O)cc1. The number of fused-ring (bicyclic) bond motifs is 1. The monoisotopic (exact) mass is 527 g/mol. The summed E-state index contributed by atoms with van der Waals surface area (Å²) in [5.41, 5.74) is 9.62. The standard InChI is InChI=1S/C29H29N5O5/c30-26(31)19-8-10-22(11-9-19)32-27(36)24(35)25-29(38)34(14-15-39-25)23-7-3-6-20(16-23)28(37)33-13-12-18-4-1-2-5-21(18)17-33/h1-11,16,24-25,35H,12-15,17H2,(H3,30,31)(H,32,36)/t24-,25-/m1/s1. The van der Waals surface area contributed by atoms with Gasteiger partial charge < -0.3 is 30.7 Å². The topological polar surface area (TPSA) is 149 Å². The maximum Gasteiger partial charge on any atom is 0.259 e. The highest BCUT2D eigenvalue weighted by Gasteiger charge is 2.39. The fourth-order valence-electron chi connectivity index (χ4n) is 4.83. The van der Waals surface area contributed by atoms with E-state index in [1.165, 1.54) is 10.5 Å². The summed E-state index contributed by atoms with van der Waals surface area (Å²) >= 11 is 0. The number of nitrogens with two attached hydrogens (primary N) is 1. The predicted molar refractivity (Wildman–Crippen MR) is 146 cm³/mol. The first kappa shape index (κ1) is 26.1. The van der Waals surface area contributed by atoms with Crippen molar-refractivity contribution in [3.8, 4) is 0 Å². The number of hydrogen-bond acceptors (Lipinski definition) is 6. The summed E-state index contributed by atoms with van der Waals surface area (Å²) < 4.78 is 5.50. The van der Waals surface area contributed by atoms with Crippen molar-refractivity contribution in [1.82, 2.24) is 4.90 Å². The lowest BCUT2D eigenvalue weighted by Crippen LogP contribution is -2.55. The number of anilines is 2. The molecule has 2 aliphatic rings. The van der Waals surface area contributed by atoms with Gasteiger partial charge in [0.15, 0.2) is 12.2 Å². The first-order chi connectivity index (χ1) is 18.8. The molecule has 0 aromatic heterocycles. The van der Waals surface area contributed by atoms with Crippen molar-refractivity contribution in [2.45, 2.75) is 25.2 Å². The zero-order valence-electron chi connectivity index (χ0n) is 21.2. The lowest BCUT2D eigenvalue weighted by Gasteiger charge is -2.34. The first-order valence-electron chi connectivity index (χ1n) is 12.6. The van der Waals surface area contributed by atoms with Gasteiger partial charge in [-0.15, -0.1) is 0 Å². The third-order valence-corrected chi connectivity index (χ3v) is 6.96. The summed E-state index contributed by atoms with van der Waals surface area (Å²) in [5.74, 6) is -1.62. The molecule has 1 saturated heterocycles. The number of nitrogen functional groups attached to an aromatic ring is 1. The van der Waals surface area contributed by atoms with Crippen LogP contribution in [0.5, 0.6) is 0 Å². The van der Waals surface area contributed by atoms with Crippen LogP contribution in [-0.2, 0) is 27.3 Å². The molecule has 0 aliphatic carbocycles. The molecule has 3 amide bonds. The van der Waals surface area contributed by atoms with Crippen LogP contribution >= 0.6 is 0 Å². The molecule has 200 valence electrons. The van der Waals surface area contributed by atoms with Gasteiger partial charge in [0.1, 0.15) is 5.84 Å². The molecule has 10 heteroatoms. The minimum Gasteiger partial charge on any atom is -0.384 e. The van der Waals surface area contributed by atoms with Crippen LogP contribution in [0.4, 0.5) is 11.4 Å². The Labute approximate surface area is 225 Å².